The van der Waals surface area contributed by atoms with Gasteiger partial charge in [-0.1, -0.05) is 36.4 Å². The van der Waals surface area contributed by atoms with E-state index in [4.69, 9.17) is 9.84 Å². The van der Waals surface area contributed by atoms with Gasteiger partial charge in [0.25, 0.3) is 0 Å². The van der Waals surface area contributed by atoms with Crippen LogP contribution in [0.15, 0.2) is 54.1 Å². The van der Waals surface area contributed by atoms with Crippen LogP contribution in [0.5, 0.6) is 0 Å². The molecule has 2 aromatic rings. The minimum Gasteiger partial charge on any atom is -0.392 e. The minimum atomic E-state index is -0.0123. The molecule has 2 heteroatoms. The van der Waals surface area contributed by atoms with E-state index in [-0.39, 0.29) is 12.7 Å². The van der Waals surface area contributed by atoms with Crippen molar-refractivity contribution < 1.29 is 9.84 Å². The van der Waals surface area contributed by atoms with Crippen LogP contribution in [0.3, 0.4) is 0 Å². The summed E-state index contributed by atoms with van der Waals surface area (Å²) in [5.41, 5.74) is 2.11. The molecule has 1 heterocycles. The number of rotatable bonds is 2. The molecule has 1 aliphatic rings. The standard InChI is InChI=1S/C15H14O2/c16-9-11-7-15(17-10-11)14-6-5-12-3-1-2-4-13(12)8-14/h1-8,15-16H,9-10H2/t15-/m1/s1. The number of hydrogen-bond acceptors (Lipinski definition) is 2. The third kappa shape index (κ3) is 1.97. The van der Waals surface area contributed by atoms with Crippen LogP contribution in [0.2, 0.25) is 0 Å². The summed E-state index contributed by atoms with van der Waals surface area (Å²) in [6, 6.07) is 14.6. The lowest BCUT2D eigenvalue weighted by Gasteiger charge is -2.09. The maximum absolute atomic E-state index is 9.05. The molecule has 17 heavy (non-hydrogen) atoms. The Morgan fingerprint density at radius 1 is 1.12 bits per heavy atom. The van der Waals surface area contributed by atoms with E-state index in [0.29, 0.717) is 6.61 Å². The van der Waals surface area contributed by atoms with Gasteiger partial charge in [0.05, 0.1) is 13.2 Å². The summed E-state index contributed by atoms with van der Waals surface area (Å²) in [6.45, 7) is 0.623. The van der Waals surface area contributed by atoms with Crippen LogP contribution in [0, 0.1) is 0 Å². The zero-order valence-corrected chi connectivity index (χ0v) is 9.47. The van der Waals surface area contributed by atoms with Crippen LogP contribution in [0.4, 0.5) is 0 Å². The van der Waals surface area contributed by atoms with Crippen LogP contribution in [-0.4, -0.2) is 18.3 Å². The summed E-state index contributed by atoms with van der Waals surface area (Å²) >= 11 is 0. The van der Waals surface area contributed by atoms with E-state index in [0.717, 1.165) is 11.1 Å². The molecule has 0 aliphatic carbocycles. The van der Waals surface area contributed by atoms with Gasteiger partial charge in [0.2, 0.25) is 0 Å². The Balaban J connectivity index is 1.99. The number of benzene rings is 2. The van der Waals surface area contributed by atoms with Gasteiger partial charge in [-0.25, -0.2) is 0 Å². The Morgan fingerprint density at radius 3 is 2.71 bits per heavy atom. The van der Waals surface area contributed by atoms with Gasteiger partial charge >= 0.3 is 0 Å². The number of aliphatic hydroxyl groups excluding tert-OH is 1. The Bertz CT molecular complexity index is 572. The molecule has 0 unspecified atom stereocenters. The molecule has 2 aromatic carbocycles. The quantitative estimate of drug-likeness (QED) is 0.798. The summed E-state index contributed by atoms with van der Waals surface area (Å²) in [7, 11) is 0. The van der Waals surface area contributed by atoms with E-state index >= 15 is 0 Å². The van der Waals surface area contributed by atoms with Crippen molar-refractivity contribution in [3.8, 4) is 0 Å². The smallest absolute Gasteiger partial charge is 0.102 e. The molecule has 1 aliphatic heterocycles. The molecule has 3 rings (SSSR count). The van der Waals surface area contributed by atoms with Gasteiger partial charge in [-0.2, -0.15) is 0 Å². The second kappa shape index (κ2) is 4.32. The Kier molecular flexibility index (Phi) is 2.67. The summed E-state index contributed by atoms with van der Waals surface area (Å²) in [6.07, 6.45) is 1.99. The second-order valence-corrected chi connectivity index (χ2v) is 4.32. The van der Waals surface area contributed by atoms with Crippen LogP contribution in [0.25, 0.3) is 10.8 Å². The number of ether oxygens (including phenoxy) is 1. The molecule has 0 fully saturated rings. The molecule has 0 spiro atoms. The van der Waals surface area contributed by atoms with Gasteiger partial charge in [0.1, 0.15) is 6.10 Å². The molecule has 0 aromatic heterocycles. The first-order chi connectivity index (χ1) is 8.36. The lowest BCUT2D eigenvalue weighted by Crippen LogP contribution is -1.96. The average molecular weight is 226 g/mol. The van der Waals surface area contributed by atoms with E-state index in [1.807, 2.05) is 18.2 Å². The Hall–Kier alpha value is -1.64. The van der Waals surface area contributed by atoms with Gasteiger partial charge in [-0.05, 0) is 34.1 Å². The highest BCUT2D eigenvalue weighted by molar-refractivity contribution is 5.83. The fourth-order valence-corrected chi connectivity index (χ4v) is 2.18. The third-order valence-corrected chi connectivity index (χ3v) is 3.14. The van der Waals surface area contributed by atoms with E-state index < -0.39 is 0 Å². The van der Waals surface area contributed by atoms with Gasteiger partial charge in [0, 0.05) is 0 Å². The van der Waals surface area contributed by atoms with Crippen molar-refractivity contribution in [1.82, 2.24) is 0 Å². The monoisotopic (exact) mass is 226 g/mol. The summed E-state index contributed by atoms with van der Waals surface area (Å²) in [4.78, 5) is 0. The fraction of sp³-hybridized carbons (Fsp3) is 0.200. The molecular weight excluding hydrogens is 212 g/mol. The lowest BCUT2D eigenvalue weighted by molar-refractivity contribution is 0.123. The van der Waals surface area contributed by atoms with Gasteiger partial charge in [-0.3, -0.25) is 0 Å². The molecule has 1 N–H and O–H groups in total. The van der Waals surface area contributed by atoms with Crippen molar-refractivity contribution >= 4 is 10.8 Å². The van der Waals surface area contributed by atoms with Crippen molar-refractivity contribution in [1.29, 1.82) is 0 Å². The van der Waals surface area contributed by atoms with Crippen molar-refractivity contribution in [2.75, 3.05) is 13.2 Å². The van der Waals surface area contributed by atoms with Crippen LogP contribution in [-0.2, 0) is 4.74 Å². The highest BCUT2D eigenvalue weighted by Crippen LogP contribution is 2.28. The number of aliphatic hydroxyl groups is 1. The lowest BCUT2D eigenvalue weighted by atomic mass is 10.0. The fourth-order valence-electron chi connectivity index (χ4n) is 2.18. The highest BCUT2D eigenvalue weighted by atomic mass is 16.5. The van der Waals surface area contributed by atoms with Crippen LogP contribution in [0.1, 0.15) is 11.7 Å². The molecule has 2 nitrogen and oxygen atoms in total. The first-order valence-electron chi connectivity index (χ1n) is 5.77. The molecule has 0 radical (unpaired) electrons. The predicted molar refractivity (Wildman–Crippen MR) is 67.8 cm³/mol. The molecule has 0 amide bonds. The minimum absolute atomic E-state index is 0.0123. The SMILES string of the molecule is OCC1=C[C@H](c2ccc3ccccc3c2)OC1. The Labute approximate surface area is 100 Å². The zero-order chi connectivity index (χ0) is 11.7. The maximum Gasteiger partial charge on any atom is 0.102 e. The van der Waals surface area contributed by atoms with E-state index in [9.17, 15) is 0 Å². The Morgan fingerprint density at radius 2 is 1.94 bits per heavy atom. The molecule has 0 bridgehead atoms. The molecule has 1 atom stereocenters. The number of fused-ring (bicyclic) bond motifs is 1. The van der Waals surface area contributed by atoms with Crippen LogP contribution < -0.4 is 0 Å². The van der Waals surface area contributed by atoms with E-state index in [1.54, 1.807) is 0 Å². The normalized spacial score (nSPS) is 19.6. The van der Waals surface area contributed by atoms with Gasteiger partial charge < -0.3 is 9.84 Å². The topological polar surface area (TPSA) is 29.5 Å². The molecule has 0 saturated carbocycles. The van der Waals surface area contributed by atoms with Crippen molar-refractivity contribution in [3.05, 3.63) is 59.7 Å². The molecule has 0 saturated heterocycles. The van der Waals surface area contributed by atoms with Gasteiger partial charge in [0.15, 0.2) is 0 Å². The predicted octanol–water partition coefficient (Wildman–Crippen LogP) is 2.83. The van der Waals surface area contributed by atoms with Crippen LogP contribution >= 0.6 is 0 Å². The highest BCUT2D eigenvalue weighted by Gasteiger charge is 2.17. The third-order valence-electron chi connectivity index (χ3n) is 3.14. The summed E-state index contributed by atoms with van der Waals surface area (Å²) in [5, 5.41) is 11.5. The first-order valence-corrected chi connectivity index (χ1v) is 5.77. The molecule has 86 valence electrons. The zero-order valence-electron chi connectivity index (χ0n) is 9.47. The van der Waals surface area contributed by atoms with Crippen molar-refractivity contribution in [3.63, 3.8) is 0 Å². The van der Waals surface area contributed by atoms with Crippen molar-refractivity contribution in [2.24, 2.45) is 0 Å². The van der Waals surface area contributed by atoms with Gasteiger partial charge in [-0.15, -0.1) is 0 Å². The summed E-state index contributed by atoms with van der Waals surface area (Å²) < 4.78 is 5.64. The maximum atomic E-state index is 9.05. The molecular formula is C15H14O2. The largest absolute Gasteiger partial charge is 0.392 e. The second-order valence-electron chi connectivity index (χ2n) is 4.32. The summed E-state index contributed by atoms with van der Waals surface area (Å²) in [5.74, 6) is 0. The number of hydrogen-bond donors (Lipinski definition) is 1. The van der Waals surface area contributed by atoms with E-state index in [1.165, 1.54) is 10.8 Å². The van der Waals surface area contributed by atoms with E-state index in [2.05, 4.69) is 30.3 Å². The average Bonchev–Trinajstić information content (AvgIpc) is 2.87. The van der Waals surface area contributed by atoms with Crippen molar-refractivity contribution in [2.45, 2.75) is 6.10 Å². The first kappa shape index (κ1) is 10.5.